The minimum Gasteiger partial charge on any atom is -0.343 e. The molecule has 0 unspecified atom stereocenters. The third-order valence-corrected chi connectivity index (χ3v) is 5.70. The summed E-state index contributed by atoms with van der Waals surface area (Å²) in [5.74, 6) is 1.71. The summed E-state index contributed by atoms with van der Waals surface area (Å²) < 4.78 is 0. The van der Waals surface area contributed by atoms with Crippen molar-refractivity contribution in [3.63, 3.8) is 0 Å². The van der Waals surface area contributed by atoms with Gasteiger partial charge in [0.1, 0.15) is 10.7 Å². The van der Waals surface area contributed by atoms with Crippen LogP contribution in [0.15, 0.2) is 4.79 Å². The van der Waals surface area contributed by atoms with Gasteiger partial charge in [-0.1, -0.05) is 0 Å². The van der Waals surface area contributed by atoms with E-state index >= 15 is 0 Å². The van der Waals surface area contributed by atoms with E-state index < -0.39 is 0 Å². The normalized spacial score (nSPS) is 11.1. The second-order valence-corrected chi connectivity index (χ2v) is 7.22. The number of hydrogen-bond acceptors (Lipinski definition) is 5. The Labute approximate surface area is 138 Å². The molecule has 0 aliphatic heterocycles. The van der Waals surface area contributed by atoms with Gasteiger partial charge in [0.05, 0.1) is 16.9 Å². The number of rotatable bonds is 6. The van der Waals surface area contributed by atoms with E-state index in [1.165, 1.54) is 11.8 Å². The number of aromatic nitrogens is 2. The topological polar surface area (TPSA) is 66.1 Å². The van der Waals surface area contributed by atoms with Crippen LogP contribution < -0.4 is 5.56 Å². The number of thioether (sulfide) groups is 1. The summed E-state index contributed by atoms with van der Waals surface area (Å²) in [6.45, 7) is 9.34. The third kappa shape index (κ3) is 3.52. The van der Waals surface area contributed by atoms with Crippen molar-refractivity contribution in [3.05, 3.63) is 26.6 Å². The van der Waals surface area contributed by atoms with Gasteiger partial charge in [0.2, 0.25) is 5.91 Å². The summed E-state index contributed by atoms with van der Waals surface area (Å²) in [7, 11) is 0. The lowest BCUT2D eigenvalue weighted by molar-refractivity contribution is -0.127. The molecule has 0 aromatic carbocycles. The molecule has 2 aromatic heterocycles. The highest BCUT2D eigenvalue weighted by molar-refractivity contribution is 7.99. The van der Waals surface area contributed by atoms with Crippen LogP contribution in [0.3, 0.4) is 0 Å². The zero-order valence-electron chi connectivity index (χ0n) is 13.4. The fraction of sp³-hybridized carbons (Fsp3) is 0.533. The van der Waals surface area contributed by atoms with Crippen LogP contribution in [0, 0.1) is 13.8 Å². The SMILES string of the molecule is CCN(CC)C(=O)CSCc1nc2sc(C)c(C)c2c(=O)[nH]1. The minimum atomic E-state index is -0.0856. The molecule has 0 fully saturated rings. The Morgan fingerprint density at radius 2 is 2.00 bits per heavy atom. The summed E-state index contributed by atoms with van der Waals surface area (Å²) in [4.78, 5) is 35.1. The van der Waals surface area contributed by atoms with Crippen LogP contribution in [-0.4, -0.2) is 39.6 Å². The summed E-state index contributed by atoms with van der Waals surface area (Å²) in [5.41, 5.74) is 0.919. The molecule has 120 valence electrons. The van der Waals surface area contributed by atoms with E-state index in [0.29, 0.717) is 22.7 Å². The maximum Gasteiger partial charge on any atom is 0.259 e. The van der Waals surface area contributed by atoms with E-state index in [4.69, 9.17) is 0 Å². The highest BCUT2D eigenvalue weighted by Gasteiger charge is 2.13. The Hall–Kier alpha value is -1.34. The summed E-state index contributed by atoms with van der Waals surface area (Å²) in [5, 5.41) is 0.690. The second-order valence-electron chi connectivity index (χ2n) is 5.03. The van der Waals surface area contributed by atoms with Gasteiger partial charge < -0.3 is 9.88 Å². The molecule has 2 aromatic rings. The molecule has 22 heavy (non-hydrogen) atoms. The van der Waals surface area contributed by atoms with Gasteiger partial charge in [-0.2, -0.15) is 0 Å². The van der Waals surface area contributed by atoms with Crippen molar-refractivity contribution in [2.75, 3.05) is 18.8 Å². The molecular formula is C15H21N3O2S2. The number of H-pyrrole nitrogens is 1. The van der Waals surface area contributed by atoms with Gasteiger partial charge in [-0.05, 0) is 33.3 Å². The molecule has 7 heteroatoms. The highest BCUT2D eigenvalue weighted by atomic mass is 32.2. The van der Waals surface area contributed by atoms with Crippen LogP contribution in [0.25, 0.3) is 10.2 Å². The van der Waals surface area contributed by atoms with Gasteiger partial charge in [-0.25, -0.2) is 4.98 Å². The zero-order chi connectivity index (χ0) is 16.3. The monoisotopic (exact) mass is 339 g/mol. The van der Waals surface area contributed by atoms with E-state index in [0.717, 1.165) is 28.4 Å². The lowest BCUT2D eigenvalue weighted by atomic mass is 10.2. The van der Waals surface area contributed by atoms with Crippen molar-refractivity contribution in [2.24, 2.45) is 0 Å². The molecule has 0 bridgehead atoms. The first-order valence-corrected chi connectivity index (χ1v) is 9.29. The van der Waals surface area contributed by atoms with E-state index in [9.17, 15) is 9.59 Å². The van der Waals surface area contributed by atoms with E-state index in [2.05, 4.69) is 9.97 Å². The van der Waals surface area contributed by atoms with Gasteiger partial charge in [0.25, 0.3) is 5.56 Å². The Morgan fingerprint density at radius 1 is 1.32 bits per heavy atom. The molecule has 2 heterocycles. The van der Waals surface area contributed by atoms with Crippen molar-refractivity contribution >= 4 is 39.2 Å². The molecule has 0 saturated heterocycles. The van der Waals surface area contributed by atoms with Crippen LogP contribution in [-0.2, 0) is 10.5 Å². The van der Waals surface area contributed by atoms with Crippen LogP contribution >= 0.6 is 23.1 Å². The number of nitrogens with one attached hydrogen (secondary N) is 1. The number of hydrogen-bond donors (Lipinski definition) is 1. The van der Waals surface area contributed by atoms with Crippen molar-refractivity contribution in [1.29, 1.82) is 0 Å². The van der Waals surface area contributed by atoms with Crippen LogP contribution in [0.1, 0.15) is 30.1 Å². The molecule has 2 rings (SSSR count). The van der Waals surface area contributed by atoms with Gasteiger partial charge >= 0.3 is 0 Å². The number of amides is 1. The average Bonchev–Trinajstić information content (AvgIpc) is 2.75. The van der Waals surface area contributed by atoms with Crippen molar-refractivity contribution in [1.82, 2.24) is 14.9 Å². The molecule has 0 radical (unpaired) electrons. The summed E-state index contributed by atoms with van der Waals surface area (Å²) in [6.07, 6.45) is 0. The highest BCUT2D eigenvalue weighted by Crippen LogP contribution is 2.26. The molecule has 5 nitrogen and oxygen atoms in total. The van der Waals surface area contributed by atoms with Crippen molar-refractivity contribution < 1.29 is 4.79 Å². The predicted molar refractivity (Wildman–Crippen MR) is 93.8 cm³/mol. The van der Waals surface area contributed by atoms with Crippen molar-refractivity contribution in [3.8, 4) is 0 Å². The lowest BCUT2D eigenvalue weighted by Gasteiger charge is -2.17. The molecule has 1 amide bonds. The van der Waals surface area contributed by atoms with Crippen LogP contribution in [0.4, 0.5) is 0 Å². The predicted octanol–water partition coefficient (Wildman–Crippen LogP) is 2.70. The molecular weight excluding hydrogens is 318 g/mol. The van der Waals surface area contributed by atoms with E-state index in [1.807, 2.05) is 27.7 Å². The average molecular weight is 339 g/mol. The van der Waals surface area contributed by atoms with Gasteiger partial charge in [-0.15, -0.1) is 23.1 Å². The first kappa shape index (κ1) is 17.0. The second kappa shape index (κ2) is 7.28. The first-order chi connectivity index (χ1) is 10.5. The zero-order valence-corrected chi connectivity index (χ0v) is 15.0. The van der Waals surface area contributed by atoms with Gasteiger partial charge in [0.15, 0.2) is 0 Å². The van der Waals surface area contributed by atoms with Crippen LogP contribution in [0.2, 0.25) is 0 Å². The number of carbonyl (C=O) groups is 1. The summed E-state index contributed by atoms with van der Waals surface area (Å²) >= 11 is 3.03. The Morgan fingerprint density at radius 3 is 2.64 bits per heavy atom. The maximum atomic E-state index is 12.2. The van der Waals surface area contributed by atoms with Crippen LogP contribution in [0.5, 0.6) is 0 Å². The fourth-order valence-corrected chi connectivity index (χ4v) is 4.11. The largest absolute Gasteiger partial charge is 0.343 e. The molecule has 0 aliphatic rings. The molecule has 0 aliphatic carbocycles. The van der Waals surface area contributed by atoms with Gasteiger partial charge in [0, 0.05) is 18.0 Å². The standard InChI is InChI=1S/C15H21N3O2S2/c1-5-18(6-2)12(19)8-21-7-11-16-14(20)13-9(3)10(4)22-15(13)17-11/h5-8H2,1-4H3,(H,16,17,20). The molecule has 0 atom stereocenters. The van der Waals surface area contributed by atoms with Gasteiger partial charge in [-0.3, -0.25) is 9.59 Å². The Balaban J connectivity index is 2.07. The Kier molecular flexibility index (Phi) is 5.63. The quantitative estimate of drug-likeness (QED) is 0.879. The number of fused-ring (bicyclic) bond motifs is 1. The molecule has 0 saturated carbocycles. The number of nitrogens with zero attached hydrogens (tertiary/aromatic N) is 2. The lowest BCUT2D eigenvalue weighted by Crippen LogP contribution is -2.31. The molecule has 1 N–H and O–H groups in total. The first-order valence-electron chi connectivity index (χ1n) is 7.32. The third-order valence-electron chi connectivity index (χ3n) is 3.67. The molecule has 0 spiro atoms. The smallest absolute Gasteiger partial charge is 0.259 e. The Bertz CT molecular complexity index is 732. The number of thiophene rings is 1. The number of aromatic amines is 1. The van der Waals surface area contributed by atoms with E-state index in [-0.39, 0.29) is 11.5 Å². The van der Waals surface area contributed by atoms with Crippen molar-refractivity contribution in [2.45, 2.75) is 33.4 Å². The minimum absolute atomic E-state index is 0.0856. The number of aryl methyl sites for hydroxylation is 2. The van der Waals surface area contributed by atoms with E-state index in [1.54, 1.807) is 16.2 Å². The summed E-state index contributed by atoms with van der Waals surface area (Å²) in [6, 6.07) is 0. The number of carbonyl (C=O) groups excluding carboxylic acids is 1. The fourth-order valence-electron chi connectivity index (χ4n) is 2.27. The maximum absolute atomic E-state index is 12.2.